The fourth-order valence-electron chi connectivity index (χ4n) is 2.58. The van der Waals surface area contributed by atoms with Gasteiger partial charge in [-0.3, -0.25) is 0 Å². The van der Waals surface area contributed by atoms with Crippen molar-refractivity contribution in [2.75, 3.05) is 13.7 Å². The normalized spacial score (nSPS) is 16.5. The number of phenolic OH excluding ortho intramolecular Hbond substituents is 1. The van der Waals surface area contributed by atoms with Crippen LogP contribution in [-0.2, 0) is 9.53 Å². The van der Waals surface area contributed by atoms with Gasteiger partial charge in [0.1, 0.15) is 33.7 Å². The Morgan fingerprint density at radius 3 is 2.59 bits per heavy atom. The van der Waals surface area contributed by atoms with E-state index in [1.54, 1.807) is 19.1 Å². The topological polar surface area (TPSA) is 88.4 Å². The SMILES string of the molecule is CCOC(=O)C1=C(O)C(=Cc2ccc(O)cc2OC)SC1=Nc1ccc(F)cc1. The first-order valence-electron chi connectivity index (χ1n) is 8.64. The van der Waals surface area contributed by atoms with E-state index in [9.17, 15) is 19.4 Å². The van der Waals surface area contributed by atoms with Crippen LogP contribution in [0.2, 0.25) is 0 Å². The summed E-state index contributed by atoms with van der Waals surface area (Å²) in [5.74, 6) is -0.956. The van der Waals surface area contributed by atoms with Crippen molar-refractivity contribution >= 4 is 34.5 Å². The van der Waals surface area contributed by atoms with Crippen LogP contribution in [0.4, 0.5) is 10.1 Å². The maximum Gasteiger partial charge on any atom is 0.344 e. The zero-order valence-corrected chi connectivity index (χ0v) is 16.5. The molecule has 29 heavy (non-hydrogen) atoms. The number of carbonyl (C=O) groups excluding carboxylic acids is 1. The van der Waals surface area contributed by atoms with Gasteiger partial charge in [0.2, 0.25) is 0 Å². The molecule has 0 spiro atoms. The van der Waals surface area contributed by atoms with Crippen molar-refractivity contribution in [1.82, 2.24) is 0 Å². The summed E-state index contributed by atoms with van der Waals surface area (Å²) in [5.41, 5.74) is 0.947. The molecule has 1 aliphatic rings. The van der Waals surface area contributed by atoms with Gasteiger partial charge in [0.05, 0.1) is 24.3 Å². The van der Waals surface area contributed by atoms with E-state index in [2.05, 4.69) is 4.99 Å². The van der Waals surface area contributed by atoms with E-state index in [0.717, 1.165) is 11.8 Å². The molecule has 0 saturated heterocycles. The van der Waals surface area contributed by atoms with Gasteiger partial charge in [-0.05, 0) is 49.4 Å². The van der Waals surface area contributed by atoms with Gasteiger partial charge in [0, 0.05) is 11.6 Å². The second kappa shape index (κ2) is 8.83. The number of phenols is 1. The molecule has 3 rings (SSSR count). The van der Waals surface area contributed by atoms with E-state index in [1.807, 2.05) is 0 Å². The second-order valence-corrected chi connectivity index (χ2v) is 6.91. The number of thioether (sulfide) groups is 1. The molecule has 8 heteroatoms. The lowest BCUT2D eigenvalue weighted by molar-refractivity contribution is -0.138. The largest absolute Gasteiger partial charge is 0.508 e. The molecule has 0 atom stereocenters. The Kier molecular flexibility index (Phi) is 6.23. The molecule has 0 aromatic heterocycles. The minimum atomic E-state index is -0.709. The number of hydrogen-bond donors (Lipinski definition) is 2. The van der Waals surface area contributed by atoms with Crippen molar-refractivity contribution < 1.29 is 28.9 Å². The third-order valence-electron chi connectivity index (χ3n) is 3.93. The Balaban J connectivity index is 2.06. The molecule has 0 saturated carbocycles. The molecule has 0 fully saturated rings. The quantitative estimate of drug-likeness (QED) is 0.686. The lowest BCUT2D eigenvalue weighted by Gasteiger charge is -2.06. The van der Waals surface area contributed by atoms with Crippen molar-refractivity contribution in [3.05, 3.63) is 70.1 Å². The predicted molar refractivity (Wildman–Crippen MR) is 110 cm³/mol. The van der Waals surface area contributed by atoms with Crippen LogP contribution in [0.3, 0.4) is 0 Å². The number of esters is 1. The minimum Gasteiger partial charge on any atom is -0.508 e. The van der Waals surface area contributed by atoms with Crippen molar-refractivity contribution in [3.8, 4) is 11.5 Å². The monoisotopic (exact) mass is 415 g/mol. The molecular formula is C21H18FNO5S. The van der Waals surface area contributed by atoms with E-state index < -0.39 is 11.8 Å². The average Bonchev–Trinajstić information content (AvgIpc) is 3.00. The predicted octanol–water partition coefficient (Wildman–Crippen LogP) is 4.73. The summed E-state index contributed by atoms with van der Waals surface area (Å²) in [7, 11) is 1.46. The molecule has 0 radical (unpaired) electrons. The van der Waals surface area contributed by atoms with Crippen LogP contribution in [0.1, 0.15) is 12.5 Å². The third kappa shape index (κ3) is 4.60. The first kappa shape index (κ1) is 20.5. The number of carbonyl (C=O) groups is 1. The Morgan fingerprint density at radius 2 is 1.93 bits per heavy atom. The van der Waals surface area contributed by atoms with E-state index >= 15 is 0 Å². The lowest BCUT2D eigenvalue weighted by atomic mass is 10.1. The Labute approximate surface area is 171 Å². The van der Waals surface area contributed by atoms with Crippen molar-refractivity contribution in [1.29, 1.82) is 0 Å². The van der Waals surface area contributed by atoms with Gasteiger partial charge in [-0.15, -0.1) is 0 Å². The maximum absolute atomic E-state index is 13.2. The molecule has 0 unspecified atom stereocenters. The summed E-state index contributed by atoms with van der Waals surface area (Å²) in [4.78, 5) is 17.1. The summed E-state index contributed by atoms with van der Waals surface area (Å²) >= 11 is 1.07. The Bertz CT molecular complexity index is 1030. The second-order valence-electron chi connectivity index (χ2n) is 5.87. The highest BCUT2D eigenvalue weighted by atomic mass is 32.2. The molecule has 2 aromatic carbocycles. The minimum absolute atomic E-state index is 0.0358. The highest BCUT2D eigenvalue weighted by Gasteiger charge is 2.33. The van der Waals surface area contributed by atoms with Crippen molar-refractivity contribution in [2.45, 2.75) is 6.92 Å². The van der Waals surface area contributed by atoms with Gasteiger partial charge in [-0.1, -0.05) is 11.8 Å². The number of ether oxygens (including phenoxy) is 2. The zero-order valence-electron chi connectivity index (χ0n) is 15.7. The van der Waals surface area contributed by atoms with E-state index in [-0.39, 0.29) is 28.7 Å². The van der Waals surface area contributed by atoms with Gasteiger partial charge >= 0.3 is 5.97 Å². The molecule has 2 N–H and O–H groups in total. The molecule has 0 aliphatic carbocycles. The molecule has 1 heterocycles. The Morgan fingerprint density at radius 1 is 1.21 bits per heavy atom. The number of methoxy groups -OCH3 is 1. The van der Waals surface area contributed by atoms with E-state index in [0.29, 0.717) is 21.9 Å². The number of aliphatic hydroxyl groups excluding tert-OH is 1. The van der Waals surface area contributed by atoms with Crippen LogP contribution < -0.4 is 4.74 Å². The number of aliphatic hydroxyl groups is 1. The number of nitrogens with zero attached hydrogens (tertiary/aromatic N) is 1. The van der Waals surface area contributed by atoms with Crippen LogP contribution in [0.5, 0.6) is 11.5 Å². The Hall–Kier alpha value is -3.26. The van der Waals surface area contributed by atoms with Crippen LogP contribution in [-0.4, -0.2) is 34.9 Å². The molecule has 2 aromatic rings. The number of aliphatic imine (C=N–C) groups is 1. The van der Waals surface area contributed by atoms with Crippen molar-refractivity contribution in [2.24, 2.45) is 4.99 Å². The highest BCUT2D eigenvalue weighted by molar-refractivity contribution is 8.18. The maximum atomic E-state index is 13.2. The fraction of sp³-hybridized carbons (Fsp3) is 0.143. The molecule has 0 amide bonds. The molecule has 6 nitrogen and oxygen atoms in total. The zero-order chi connectivity index (χ0) is 21.0. The van der Waals surface area contributed by atoms with Crippen LogP contribution in [0.15, 0.2) is 63.7 Å². The summed E-state index contributed by atoms with van der Waals surface area (Å²) in [6.45, 7) is 1.79. The van der Waals surface area contributed by atoms with Gasteiger partial charge in [0.25, 0.3) is 0 Å². The number of halogens is 1. The summed E-state index contributed by atoms with van der Waals surface area (Å²) in [6, 6.07) is 9.98. The average molecular weight is 415 g/mol. The van der Waals surface area contributed by atoms with Crippen LogP contribution >= 0.6 is 11.8 Å². The smallest absolute Gasteiger partial charge is 0.344 e. The number of aromatic hydroxyl groups is 1. The summed E-state index contributed by atoms with van der Waals surface area (Å²) < 4.78 is 23.5. The van der Waals surface area contributed by atoms with Gasteiger partial charge in [0.15, 0.2) is 0 Å². The highest BCUT2D eigenvalue weighted by Crippen LogP contribution is 2.41. The molecule has 0 bridgehead atoms. The summed E-state index contributed by atoms with van der Waals surface area (Å²) in [5, 5.41) is 20.5. The van der Waals surface area contributed by atoms with Gasteiger partial charge in [-0.25, -0.2) is 14.2 Å². The first-order valence-corrected chi connectivity index (χ1v) is 9.46. The van der Waals surface area contributed by atoms with Gasteiger partial charge < -0.3 is 19.7 Å². The molecular weight excluding hydrogens is 397 g/mol. The molecule has 150 valence electrons. The third-order valence-corrected chi connectivity index (χ3v) is 4.95. The first-order chi connectivity index (χ1) is 13.9. The summed E-state index contributed by atoms with van der Waals surface area (Å²) in [6.07, 6.45) is 1.62. The number of hydrogen-bond acceptors (Lipinski definition) is 7. The van der Waals surface area contributed by atoms with Crippen LogP contribution in [0, 0.1) is 5.82 Å². The van der Waals surface area contributed by atoms with Gasteiger partial charge in [-0.2, -0.15) is 0 Å². The standard InChI is InChI=1S/C21H18FNO5S/c1-3-28-21(26)18-19(25)17(10-12-4-9-15(24)11-16(12)27-2)29-20(18)23-14-7-5-13(22)6-8-14/h4-11,24-25H,3H2,1-2H3. The van der Waals surface area contributed by atoms with E-state index in [1.165, 1.54) is 43.5 Å². The fourth-order valence-corrected chi connectivity index (χ4v) is 3.61. The number of rotatable bonds is 5. The number of benzene rings is 2. The molecule has 1 aliphatic heterocycles. The lowest BCUT2D eigenvalue weighted by Crippen LogP contribution is -2.12. The van der Waals surface area contributed by atoms with E-state index in [4.69, 9.17) is 9.47 Å². The van der Waals surface area contributed by atoms with Crippen molar-refractivity contribution in [3.63, 3.8) is 0 Å². The van der Waals surface area contributed by atoms with Crippen LogP contribution in [0.25, 0.3) is 6.08 Å².